The summed E-state index contributed by atoms with van der Waals surface area (Å²) in [7, 11) is 0. The maximum absolute atomic E-state index is 4.73. The van der Waals surface area contributed by atoms with Crippen LogP contribution in [0.15, 0.2) is 61.3 Å². The number of hydrogen-bond acceptors (Lipinski definition) is 8. The van der Waals surface area contributed by atoms with Crippen LogP contribution in [-0.2, 0) is 0 Å². The Bertz CT molecular complexity index is 1200. The molecule has 5 atom stereocenters. The summed E-state index contributed by atoms with van der Waals surface area (Å²) in [5.41, 5.74) is 2.76. The summed E-state index contributed by atoms with van der Waals surface area (Å²) >= 11 is 1.63. The minimum absolute atomic E-state index is 0.0145. The topological polar surface area (TPSA) is 138 Å². The van der Waals surface area contributed by atoms with Crippen LogP contribution < -0.4 is 0 Å². The summed E-state index contributed by atoms with van der Waals surface area (Å²) in [6, 6.07) is 2.01. The van der Waals surface area contributed by atoms with Crippen LogP contribution in [0.4, 0.5) is 0 Å². The molecule has 5 heterocycles. The Hall–Kier alpha value is -3.73. The van der Waals surface area contributed by atoms with Gasteiger partial charge in [0.15, 0.2) is 5.82 Å². The maximum atomic E-state index is 4.73. The zero-order valence-electron chi connectivity index (χ0n) is 18.2. The van der Waals surface area contributed by atoms with Crippen molar-refractivity contribution < 1.29 is 0 Å². The average Bonchev–Trinajstić information content (AvgIpc) is 3.67. The van der Waals surface area contributed by atoms with Crippen LogP contribution in [0.25, 0.3) is 0 Å². The van der Waals surface area contributed by atoms with Gasteiger partial charge in [-0.1, -0.05) is 13.8 Å². The van der Waals surface area contributed by atoms with Crippen LogP contribution >= 0.6 is 11.3 Å². The Labute approximate surface area is 194 Å². The molecule has 0 aromatic carbocycles. The number of aromatic amines is 3. The number of H-pyrrole nitrogens is 3. The van der Waals surface area contributed by atoms with Gasteiger partial charge in [-0.2, -0.15) is 10.2 Å². The molecule has 0 fully saturated rings. The summed E-state index contributed by atoms with van der Waals surface area (Å²) in [6.07, 6.45) is 14.2. The molecule has 0 saturated carbocycles. The van der Waals surface area contributed by atoms with Gasteiger partial charge in [-0.25, -0.2) is 15.0 Å². The standard InChI is InChI=1S/C22H24N10S/c1-13(16-9-23-5-6-25-16)18(15-3-4-29-31-15)20(21-28-12-30-32-21)19(22-26-7-8-33-22)14(2)17-10-24-11-27-17/h3-14,18-20H,1-2H3,(H,24,27)(H,29,31)(H,28,30,32). The second-order valence-electron chi connectivity index (χ2n) is 8.01. The molecule has 3 N–H and O–H groups in total. The Kier molecular flexibility index (Phi) is 6.03. The Balaban J connectivity index is 1.69. The van der Waals surface area contributed by atoms with Gasteiger partial charge in [0.05, 0.1) is 28.4 Å². The van der Waals surface area contributed by atoms with Crippen molar-refractivity contribution in [2.24, 2.45) is 0 Å². The average molecular weight is 461 g/mol. The fourth-order valence-electron chi connectivity index (χ4n) is 4.64. The summed E-state index contributed by atoms with van der Waals surface area (Å²) in [5, 5.41) is 18.1. The lowest BCUT2D eigenvalue weighted by molar-refractivity contribution is 0.352. The van der Waals surface area contributed by atoms with Crippen molar-refractivity contribution in [1.82, 2.24) is 50.3 Å². The smallest absolute Gasteiger partial charge is 0.154 e. The second kappa shape index (κ2) is 9.41. The third-order valence-corrected chi connectivity index (χ3v) is 7.10. The van der Waals surface area contributed by atoms with E-state index in [1.807, 2.05) is 36.2 Å². The Morgan fingerprint density at radius 2 is 1.70 bits per heavy atom. The van der Waals surface area contributed by atoms with Gasteiger partial charge in [-0.15, -0.1) is 11.3 Å². The molecule has 5 aromatic rings. The van der Waals surface area contributed by atoms with Crippen molar-refractivity contribution in [3.63, 3.8) is 0 Å². The summed E-state index contributed by atoms with van der Waals surface area (Å²) in [4.78, 5) is 25.9. The first kappa shape index (κ1) is 21.1. The molecular weight excluding hydrogens is 436 g/mol. The number of aromatic nitrogens is 10. The zero-order valence-corrected chi connectivity index (χ0v) is 19.0. The number of imidazole rings is 1. The Morgan fingerprint density at radius 3 is 2.33 bits per heavy atom. The van der Waals surface area contributed by atoms with E-state index in [1.54, 1.807) is 36.4 Å². The van der Waals surface area contributed by atoms with Crippen LogP contribution in [0.1, 0.15) is 71.4 Å². The second-order valence-corrected chi connectivity index (χ2v) is 8.93. The number of rotatable bonds is 9. The number of nitrogens with zero attached hydrogens (tertiary/aromatic N) is 7. The quantitative estimate of drug-likeness (QED) is 0.304. The van der Waals surface area contributed by atoms with E-state index in [-0.39, 0.29) is 29.6 Å². The molecule has 0 radical (unpaired) electrons. The van der Waals surface area contributed by atoms with Gasteiger partial charge >= 0.3 is 0 Å². The van der Waals surface area contributed by atoms with Crippen molar-refractivity contribution in [2.75, 3.05) is 0 Å². The predicted octanol–water partition coefficient (Wildman–Crippen LogP) is 3.76. The molecule has 0 aliphatic rings. The van der Waals surface area contributed by atoms with Gasteiger partial charge in [-0.05, 0) is 6.07 Å². The highest BCUT2D eigenvalue weighted by atomic mass is 32.1. The van der Waals surface area contributed by atoms with E-state index < -0.39 is 0 Å². The van der Waals surface area contributed by atoms with Crippen molar-refractivity contribution in [2.45, 2.75) is 43.4 Å². The van der Waals surface area contributed by atoms with Crippen molar-refractivity contribution in [1.29, 1.82) is 0 Å². The highest BCUT2D eigenvalue weighted by Crippen LogP contribution is 2.52. The van der Waals surface area contributed by atoms with E-state index in [9.17, 15) is 0 Å². The largest absolute Gasteiger partial charge is 0.351 e. The van der Waals surface area contributed by atoms with Gasteiger partial charge < -0.3 is 4.98 Å². The van der Waals surface area contributed by atoms with Crippen molar-refractivity contribution in [3.05, 3.63) is 89.2 Å². The molecular formula is C22H24N10S. The third-order valence-electron chi connectivity index (χ3n) is 6.22. The molecule has 5 rings (SSSR count). The molecule has 0 aliphatic heterocycles. The fraction of sp³-hybridized carbons (Fsp3) is 0.318. The lowest BCUT2D eigenvalue weighted by atomic mass is 9.68. The fourth-order valence-corrected chi connectivity index (χ4v) is 5.54. The number of thiazole rings is 1. The summed E-state index contributed by atoms with van der Waals surface area (Å²) < 4.78 is 0. The van der Waals surface area contributed by atoms with Crippen molar-refractivity contribution >= 4 is 11.3 Å². The van der Waals surface area contributed by atoms with E-state index in [0.717, 1.165) is 22.1 Å². The first-order valence-electron chi connectivity index (χ1n) is 10.7. The SMILES string of the molecule is CC(c1cnccn1)C(c1cc[nH]n1)C(c1nc[nH]n1)C(c1nccs1)C(C)c1c[nH]cn1. The molecule has 33 heavy (non-hydrogen) atoms. The van der Waals surface area contributed by atoms with Crippen molar-refractivity contribution in [3.8, 4) is 0 Å². The molecule has 10 nitrogen and oxygen atoms in total. The number of hydrogen-bond donors (Lipinski definition) is 3. The maximum Gasteiger partial charge on any atom is 0.154 e. The van der Waals surface area contributed by atoms with Gasteiger partial charge in [0.2, 0.25) is 0 Å². The molecule has 5 aromatic heterocycles. The predicted molar refractivity (Wildman–Crippen MR) is 123 cm³/mol. The minimum atomic E-state index is -0.158. The highest BCUT2D eigenvalue weighted by molar-refractivity contribution is 7.09. The van der Waals surface area contributed by atoms with E-state index in [2.05, 4.69) is 59.2 Å². The van der Waals surface area contributed by atoms with Crippen LogP contribution in [0, 0.1) is 0 Å². The van der Waals surface area contributed by atoms with Crippen LogP contribution in [0.3, 0.4) is 0 Å². The molecule has 0 aliphatic carbocycles. The van der Waals surface area contributed by atoms with E-state index >= 15 is 0 Å². The molecule has 0 amide bonds. The summed E-state index contributed by atoms with van der Waals surface area (Å²) in [5.74, 6) is 0.431. The van der Waals surface area contributed by atoms with Crippen LogP contribution in [-0.4, -0.2) is 50.3 Å². The lowest BCUT2D eigenvalue weighted by Gasteiger charge is -2.36. The molecule has 0 saturated heterocycles. The van der Waals surface area contributed by atoms with E-state index in [1.165, 1.54) is 0 Å². The van der Waals surface area contributed by atoms with Crippen LogP contribution in [0.5, 0.6) is 0 Å². The Morgan fingerprint density at radius 1 is 0.788 bits per heavy atom. The monoisotopic (exact) mass is 460 g/mol. The zero-order chi connectivity index (χ0) is 22.6. The van der Waals surface area contributed by atoms with Gasteiger partial charge in [-0.3, -0.25) is 20.2 Å². The van der Waals surface area contributed by atoms with Crippen LogP contribution in [0.2, 0.25) is 0 Å². The first-order chi connectivity index (χ1) is 16.2. The minimum Gasteiger partial charge on any atom is -0.351 e. The van der Waals surface area contributed by atoms with Gasteiger partial charge in [0, 0.05) is 72.2 Å². The van der Waals surface area contributed by atoms with Gasteiger partial charge in [0.25, 0.3) is 0 Å². The highest BCUT2D eigenvalue weighted by Gasteiger charge is 2.44. The molecule has 168 valence electrons. The molecule has 0 spiro atoms. The van der Waals surface area contributed by atoms with E-state index in [0.29, 0.717) is 5.82 Å². The normalized spacial score (nSPS) is 16.2. The number of nitrogens with one attached hydrogen (secondary N) is 3. The molecule has 5 unspecified atom stereocenters. The van der Waals surface area contributed by atoms with Gasteiger partial charge in [0.1, 0.15) is 6.33 Å². The third kappa shape index (κ3) is 4.19. The molecule has 11 heteroatoms. The lowest BCUT2D eigenvalue weighted by Crippen LogP contribution is -2.28. The van der Waals surface area contributed by atoms with E-state index in [4.69, 9.17) is 4.98 Å². The molecule has 0 bridgehead atoms. The first-order valence-corrected chi connectivity index (χ1v) is 11.6. The summed E-state index contributed by atoms with van der Waals surface area (Å²) in [6.45, 7) is 4.33.